The number of aryl methyl sites for hydroxylation is 2. The summed E-state index contributed by atoms with van der Waals surface area (Å²) >= 11 is 1.67. The normalized spacial score (nSPS) is 12.9. The van der Waals surface area contributed by atoms with E-state index in [-0.39, 0.29) is 0 Å². The molecule has 0 amide bonds. The largest absolute Gasteiger partial charge is 0.313 e. The van der Waals surface area contributed by atoms with Gasteiger partial charge in [-0.25, -0.2) is 4.98 Å². The molecule has 0 aliphatic rings. The van der Waals surface area contributed by atoms with Gasteiger partial charge in [0.05, 0.1) is 5.69 Å². The minimum Gasteiger partial charge on any atom is -0.313 e. The van der Waals surface area contributed by atoms with Crippen LogP contribution in [0.3, 0.4) is 0 Å². The molecule has 20 heavy (non-hydrogen) atoms. The quantitative estimate of drug-likeness (QED) is 0.795. The molecule has 0 radical (unpaired) electrons. The van der Waals surface area contributed by atoms with Crippen LogP contribution >= 0.6 is 11.3 Å². The van der Waals surface area contributed by atoms with Gasteiger partial charge >= 0.3 is 0 Å². The first-order valence-electron chi connectivity index (χ1n) is 6.83. The maximum Gasteiger partial charge on any atom is 0.193 e. The predicted octanol–water partition coefficient (Wildman–Crippen LogP) is 3.52. The van der Waals surface area contributed by atoms with Gasteiger partial charge in [-0.3, -0.25) is 4.40 Å². The van der Waals surface area contributed by atoms with Crippen molar-refractivity contribution >= 4 is 16.3 Å². The monoisotopic (exact) mass is 285 g/mol. The summed E-state index contributed by atoms with van der Waals surface area (Å²) in [6.07, 6.45) is 5.09. The van der Waals surface area contributed by atoms with E-state index in [0.717, 1.165) is 17.1 Å². The number of nitrogens with one attached hydrogen (secondary N) is 1. The highest BCUT2D eigenvalue weighted by Crippen LogP contribution is 2.21. The summed E-state index contributed by atoms with van der Waals surface area (Å²) in [5.41, 5.74) is 5.14. The van der Waals surface area contributed by atoms with Crippen molar-refractivity contribution in [3.05, 3.63) is 58.4 Å². The molecule has 1 unspecified atom stereocenters. The lowest BCUT2D eigenvalue weighted by molar-refractivity contribution is 0.585. The summed E-state index contributed by atoms with van der Waals surface area (Å²) in [5.74, 6) is 0. The van der Waals surface area contributed by atoms with Crippen molar-refractivity contribution in [2.24, 2.45) is 0 Å². The Morgan fingerprint density at radius 1 is 1.30 bits per heavy atom. The molecule has 1 N–H and O–H groups in total. The first-order valence-corrected chi connectivity index (χ1v) is 7.71. The zero-order valence-electron chi connectivity index (χ0n) is 12.1. The Kier molecular flexibility index (Phi) is 3.59. The van der Waals surface area contributed by atoms with E-state index in [0.29, 0.717) is 6.04 Å². The molecular weight excluding hydrogens is 266 g/mol. The van der Waals surface area contributed by atoms with Crippen molar-refractivity contribution in [2.75, 3.05) is 7.05 Å². The van der Waals surface area contributed by atoms with E-state index in [1.165, 1.54) is 16.7 Å². The first-order chi connectivity index (χ1) is 9.67. The number of hydrogen-bond acceptors (Lipinski definition) is 3. The second-order valence-electron chi connectivity index (χ2n) is 5.21. The Balaban J connectivity index is 1.85. The third-order valence-corrected chi connectivity index (χ3v) is 4.61. The zero-order valence-corrected chi connectivity index (χ0v) is 12.9. The fourth-order valence-electron chi connectivity index (χ4n) is 2.45. The van der Waals surface area contributed by atoms with Crippen LogP contribution < -0.4 is 5.32 Å². The van der Waals surface area contributed by atoms with Crippen LogP contribution in [0.1, 0.15) is 28.4 Å². The minimum atomic E-state index is 0.305. The summed E-state index contributed by atoms with van der Waals surface area (Å²) in [6, 6.07) is 6.98. The lowest BCUT2D eigenvalue weighted by atomic mass is 9.98. The summed E-state index contributed by atoms with van der Waals surface area (Å²) in [7, 11) is 2.01. The molecule has 0 saturated heterocycles. The van der Waals surface area contributed by atoms with Crippen LogP contribution in [0.2, 0.25) is 0 Å². The van der Waals surface area contributed by atoms with Crippen LogP contribution in [-0.4, -0.2) is 16.4 Å². The number of benzene rings is 1. The van der Waals surface area contributed by atoms with Gasteiger partial charge in [0.2, 0.25) is 0 Å². The Labute approximate surface area is 123 Å². The molecule has 0 aliphatic carbocycles. The molecule has 0 saturated carbocycles. The topological polar surface area (TPSA) is 29.3 Å². The third-order valence-electron chi connectivity index (χ3n) is 3.84. The summed E-state index contributed by atoms with van der Waals surface area (Å²) < 4.78 is 2.09. The third kappa shape index (κ3) is 2.49. The number of likely N-dealkylation sites (N-methyl/N-ethyl adjacent to an activating group) is 1. The van der Waals surface area contributed by atoms with Gasteiger partial charge in [-0.1, -0.05) is 18.2 Å². The molecule has 0 aliphatic heterocycles. The second-order valence-corrected chi connectivity index (χ2v) is 6.09. The summed E-state index contributed by atoms with van der Waals surface area (Å²) in [4.78, 5) is 5.73. The molecule has 3 rings (SSSR count). The van der Waals surface area contributed by atoms with Crippen molar-refractivity contribution in [1.29, 1.82) is 0 Å². The van der Waals surface area contributed by atoms with Gasteiger partial charge in [-0.15, -0.1) is 11.3 Å². The van der Waals surface area contributed by atoms with Gasteiger partial charge in [-0.2, -0.15) is 0 Å². The molecule has 104 valence electrons. The molecule has 3 aromatic rings. The molecule has 2 heterocycles. The number of nitrogens with zero attached hydrogens (tertiary/aromatic N) is 2. The van der Waals surface area contributed by atoms with Gasteiger partial charge in [0.1, 0.15) is 0 Å². The first kappa shape index (κ1) is 13.3. The molecule has 0 fully saturated rings. The fraction of sp³-hybridized carbons (Fsp3) is 0.312. The van der Waals surface area contributed by atoms with Gasteiger partial charge in [0, 0.05) is 30.2 Å². The van der Waals surface area contributed by atoms with E-state index in [2.05, 4.69) is 64.5 Å². The highest BCUT2D eigenvalue weighted by molar-refractivity contribution is 7.15. The average Bonchev–Trinajstić information content (AvgIpc) is 3.00. The van der Waals surface area contributed by atoms with Crippen molar-refractivity contribution in [3.8, 4) is 0 Å². The Morgan fingerprint density at radius 3 is 2.85 bits per heavy atom. The molecule has 0 bridgehead atoms. The standard InChI is InChI=1S/C16H19N3S/c1-11-4-5-13(8-12(11)2)15(17-3)9-14-10-19-6-7-20-16(19)18-14/h4-8,10,15,17H,9H2,1-3H3. The molecule has 4 heteroatoms. The number of imidazole rings is 1. The van der Waals surface area contributed by atoms with Crippen LogP contribution in [0.25, 0.3) is 4.96 Å². The zero-order chi connectivity index (χ0) is 14.1. The lowest BCUT2D eigenvalue weighted by Gasteiger charge is -2.16. The SMILES string of the molecule is CNC(Cc1cn2ccsc2n1)c1ccc(C)c(C)c1. The minimum absolute atomic E-state index is 0.305. The van der Waals surface area contributed by atoms with Crippen LogP contribution in [0.15, 0.2) is 36.0 Å². The highest BCUT2D eigenvalue weighted by Gasteiger charge is 2.13. The van der Waals surface area contributed by atoms with Crippen molar-refractivity contribution in [1.82, 2.24) is 14.7 Å². The Bertz CT molecular complexity index is 698. The van der Waals surface area contributed by atoms with Gasteiger partial charge < -0.3 is 5.32 Å². The highest BCUT2D eigenvalue weighted by atomic mass is 32.1. The number of fused-ring (bicyclic) bond motifs is 1. The molecule has 3 nitrogen and oxygen atoms in total. The van der Waals surface area contributed by atoms with E-state index in [9.17, 15) is 0 Å². The van der Waals surface area contributed by atoms with E-state index >= 15 is 0 Å². The van der Waals surface area contributed by atoms with E-state index < -0.39 is 0 Å². The van der Waals surface area contributed by atoms with Crippen molar-refractivity contribution < 1.29 is 0 Å². The molecule has 0 spiro atoms. The van der Waals surface area contributed by atoms with Crippen LogP contribution in [-0.2, 0) is 6.42 Å². The van der Waals surface area contributed by atoms with E-state index in [1.54, 1.807) is 11.3 Å². The predicted molar refractivity (Wildman–Crippen MR) is 84.5 cm³/mol. The number of thiazole rings is 1. The van der Waals surface area contributed by atoms with Crippen molar-refractivity contribution in [3.63, 3.8) is 0 Å². The van der Waals surface area contributed by atoms with Gasteiger partial charge in [0.25, 0.3) is 0 Å². The Morgan fingerprint density at radius 2 is 2.15 bits per heavy atom. The smallest absolute Gasteiger partial charge is 0.193 e. The fourth-order valence-corrected chi connectivity index (χ4v) is 3.17. The van der Waals surface area contributed by atoms with Gasteiger partial charge in [0.15, 0.2) is 4.96 Å². The van der Waals surface area contributed by atoms with Crippen molar-refractivity contribution in [2.45, 2.75) is 26.3 Å². The molecule has 2 aromatic heterocycles. The van der Waals surface area contributed by atoms with Crippen LogP contribution in [0.4, 0.5) is 0 Å². The lowest BCUT2D eigenvalue weighted by Crippen LogP contribution is -2.19. The number of hydrogen-bond donors (Lipinski definition) is 1. The molecule has 1 aromatic carbocycles. The molecular formula is C16H19N3S. The summed E-state index contributed by atoms with van der Waals surface area (Å²) in [6.45, 7) is 4.31. The van der Waals surface area contributed by atoms with E-state index in [1.807, 2.05) is 7.05 Å². The number of rotatable bonds is 4. The average molecular weight is 285 g/mol. The maximum atomic E-state index is 4.67. The number of aromatic nitrogens is 2. The molecule has 1 atom stereocenters. The second kappa shape index (κ2) is 5.38. The van der Waals surface area contributed by atoms with Crippen LogP contribution in [0, 0.1) is 13.8 Å². The maximum absolute atomic E-state index is 4.67. The van der Waals surface area contributed by atoms with E-state index in [4.69, 9.17) is 0 Å². The van der Waals surface area contributed by atoms with Crippen LogP contribution in [0.5, 0.6) is 0 Å². The van der Waals surface area contributed by atoms with Gasteiger partial charge in [-0.05, 0) is 37.6 Å². The Hall–Kier alpha value is -1.65. The summed E-state index contributed by atoms with van der Waals surface area (Å²) in [5, 5.41) is 5.46.